The number of benzene rings is 10. The van der Waals surface area contributed by atoms with E-state index in [9.17, 15) is 94.8 Å². The number of rotatable bonds is 30. The van der Waals surface area contributed by atoms with Crippen LogP contribution in [0.5, 0.6) is 0 Å². The van der Waals surface area contributed by atoms with Gasteiger partial charge in [0.25, 0.3) is 0 Å². The predicted octanol–water partition coefficient (Wildman–Crippen LogP) is 21.4. The summed E-state index contributed by atoms with van der Waals surface area (Å²) in [6, 6.07) is 83.8. The number of halogens is 5. The van der Waals surface area contributed by atoms with Crippen LogP contribution >= 0.6 is 115 Å². The fourth-order valence-electron chi connectivity index (χ4n) is 15.9. The standard InChI is InChI=1S/C22H16ClNO5S2.C22H16ClNO4S2.C22H15ClO5S2.C21H15ClN2O4S2.C21H14ClNO4S2/c23-18-9-10-19(30-18)31(28,29)12-15(25)11-13-5-7-14(8-6-13)20-21(26)16-3-1-2-4-17(16)24-22(20)27;23-20-9-10-21(29-20)30(27,28)13-16(25)11-14-5-7-15(8-6-14)18-12-24-19-4-2-1-3-17(19)22(18)26;23-20-9-10-21(29-20)30(26,27)13-16(24)11-14-5-7-15(8-6-14)18-12-28-19-4-2-1-3-17(19)22(18)25;22-18-9-10-19(29-18)30(27,28)12-15(25)11-13-5-7-14(8-6-13)20-21(26)16-3-1-2-4-17(16)23-24-20;22-18-9-10-19(28-18)29(26,27)12-15(24)11-13-5-7-14(8-6-13)20-21(25)16-3-1-2-4-17(16)23-20/h1-10,20H,11-12H2,(H,24,27);1-10,12H,11,13H2,(H,24,26);1-10,12H,11,13H2;1-10H,11-12H2,(H,23,26);1-10H,11-12H2. The van der Waals surface area contributed by atoms with Crippen LogP contribution < -0.4 is 21.6 Å². The molecule has 0 saturated carbocycles. The molecule has 0 radical (unpaired) electrons. The number of anilines is 1. The summed E-state index contributed by atoms with van der Waals surface area (Å²) in [7, 11) is -18.5. The number of para-hydroxylation sites is 5. The molecule has 1 atom stereocenters. The van der Waals surface area contributed by atoms with Gasteiger partial charge in [0.2, 0.25) is 17.1 Å². The second-order valence-electron chi connectivity index (χ2n) is 33.8. The normalized spacial score (nSPS) is 12.8. The number of ketones is 7. The van der Waals surface area contributed by atoms with Gasteiger partial charge < -0.3 is 14.7 Å². The lowest BCUT2D eigenvalue weighted by atomic mass is 9.86. The van der Waals surface area contributed by atoms with Gasteiger partial charge in [-0.25, -0.2) is 47.1 Å². The molecule has 10 heterocycles. The van der Waals surface area contributed by atoms with Gasteiger partial charge in [-0.1, -0.05) is 240 Å². The number of hydrogen-bond acceptors (Lipinski definition) is 29. The highest BCUT2D eigenvalue weighted by molar-refractivity contribution is 7.95. The Bertz CT molecular complexity index is 8700. The second kappa shape index (κ2) is 47.2. The van der Waals surface area contributed by atoms with E-state index < -0.39 is 119 Å². The van der Waals surface area contributed by atoms with E-state index in [1.807, 2.05) is 30.3 Å². The van der Waals surface area contributed by atoms with Crippen LogP contribution in [0, 0.1) is 0 Å². The number of H-pyrrole nitrogens is 2. The summed E-state index contributed by atoms with van der Waals surface area (Å²) in [5.41, 5.74) is 11.7. The van der Waals surface area contributed by atoms with E-state index in [0.717, 1.165) is 67.8 Å². The molecule has 8 aromatic heterocycles. The van der Waals surface area contributed by atoms with E-state index in [0.29, 0.717) is 138 Å². The molecule has 27 nitrogen and oxygen atoms in total. The summed E-state index contributed by atoms with van der Waals surface area (Å²) in [5, 5.41) is 11.4. The number of aromatic amines is 2. The lowest BCUT2D eigenvalue weighted by Crippen LogP contribution is -2.33. The average Bonchev–Trinajstić information content (AvgIpc) is 0.881. The largest absolute Gasteiger partial charge is 0.463 e. The fraction of sp³-hybridized carbons (Fsp3) is 0.102. The quantitative estimate of drug-likeness (QED) is 0.0352. The van der Waals surface area contributed by atoms with Crippen LogP contribution in [0.25, 0.3) is 66.3 Å². The van der Waals surface area contributed by atoms with Crippen molar-refractivity contribution in [2.45, 2.75) is 59.1 Å². The maximum Gasteiger partial charge on any atom is 0.239 e. The molecule has 42 heteroatoms. The Morgan fingerprint density at radius 3 is 1.08 bits per heavy atom. The minimum absolute atomic E-state index is 0.00725. The third kappa shape index (κ3) is 26.8. The van der Waals surface area contributed by atoms with Gasteiger partial charge >= 0.3 is 0 Å². The molecule has 0 saturated heterocycles. The zero-order valence-electron chi connectivity index (χ0n) is 77.5. The van der Waals surface area contributed by atoms with Crippen LogP contribution in [0.15, 0.2) is 361 Å². The van der Waals surface area contributed by atoms with Crippen molar-refractivity contribution in [1.82, 2.24) is 15.2 Å². The van der Waals surface area contributed by atoms with Crippen molar-refractivity contribution in [3.05, 3.63) is 418 Å². The Kier molecular flexibility index (Phi) is 34.3. The molecule has 3 N–H and O–H groups in total. The van der Waals surface area contributed by atoms with Crippen molar-refractivity contribution in [3.8, 4) is 33.5 Å². The van der Waals surface area contributed by atoms with Gasteiger partial charge in [0, 0.05) is 82.4 Å². The van der Waals surface area contributed by atoms with E-state index in [1.165, 1.54) is 66.9 Å². The van der Waals surface area contributed by atoms with E-state index in [-0.39, 0.29) is 86.7 Å². The number of aliphatic imine (C=N–C) groups is 1. The van der Waals surface area contributed by atoms with Crippen LogP contribution in [-0.4, -0.2) is 138 Å². The van der Waals surface area contributed by atoms with Gasteiger partial charge in [0.1, 0.15) is 79.0 Å². The molecule has 20 rings (SSSR count). The Labute approximate surface area is 901 Å². The number of nitrogens with zero attached hydrogens (tertiary/aromatic N) is 2. The first-order valence-corrected chi connectivity index (χ1v) is 59.0. The molecule has 2 aliphatic rings. The first-order valence-electron chi connectivity index (χ1n) is 44.8. The van der Waals surface area contributed by atoms with E-state index in [2.05, 4.69) is 25.5 Å². The Balaban J connectivity index is 0.000000133. The molecule has 1 unspecified atom stereocenters. The highest BCUT2D eigenvalue weighted by Gasteiger charge is 2.37. The van der Waals surface area contributed by atoms with Crippen molar-refractivity contribution in [1.29, 1.82) is 0 Å². The molecule has 0 spiro atoms. The van der Waals surface area contributed by atoms with Crippen LogP contribution in [0.1, 0.15) is 65.6 Å². The van der Waals surface area contributed by atoms with Gasteiger partial charge in [-0.2, -0.15) is 5.10 Å². The number of thiophene rings is 5. The van der Waals surface area contributed by atoms with Crippen molar-refractivity contribution in [2.24, 2.45) is 4.99 Å². The van der Waals surface area contributed by atoms with Crippen LogP contribution in [0.2, 0.25) is 21.7 Å². The Morgan fingerprint density at radius 1 is 0.327 bits per heavy atom. The summed E-state index contributed by atoms with van der Waals surface area (Å²) in [6.45, 7) is 0. The highest BCUT2D eigenvalue weighted by Crippen LogP contribution is 2.37. The first kappa shape index (κ1) is 109. The predicted molar refractivity (Wildman–Crippen MR) is 588 cm³/mol. The Hall–Kier alpha value is -13.7. The van der Waals surface area contributed by atoms with E-state index >= 15 is 0 Å². The van der Waals surface area contributed by atoms with Gasteiger partial charge in [0.05, 0.1) is 49.5 Å². The molecule has 1 amide bonds. The number of carbonyl (C=O) groups is 8. The molecule has 150 heavy (non-hydrogen) atoms. The molecule has 0 aliphatic carbocycles. The number of nitrogens with one attached hydrogen (secondary N) is 3. The zero-order valence-corrected chi connectivity index (χ0v) is 89.5. The monoisotopic (exact) mass is 2290 g/mol. The lowest BCUT2D eigenvalue weighted by molar-refractivity contribution is -0.117. The minimum Gasteiger partial charge on any atom is -0.463 e. The van der Waals surface area contributed by atoms with E-state index in [4.69, 9.17) is 62.4 Å². The summed E-state index contributed by atoms with van der Waals surface area (Å²) in [4.78, 5) is 145. The third-order valence-corrected chi connectivity index (χ3v) is 40.5. The SMILES string of the molecule is O=C(Cc1ccc(-c2c[nH]c3ccccc3c2=O)cc1)CS(=O)(=O)c1ccc(Cl)s1.O=C(Cc1ccc(-c2coc3ccccc3c2=O)cc1)CS(=O)(=O)c1ccc(Cl)s1.O=C(Cc1ccc(-c2n[nH]c3ccccc3c2=O)cc1)CS(=O)(=O)c1ccc(Cl)s1.O=C(Cc1ccc(C2=Nc3ccccc3C2=O)cc1)CS(=O)(=O)c1ccc(Cl)s1.O=C(Cc1ccc(C2C(=O)Nc3ccccc3C2=O)cc1)CS(=O)(=O)c1ccc(Cl)s1. The first-order chi connectivity index (χ1) is 71.6. The smallest absolute Gasteiger partial charge is 0.239 e. The highest BCUT2D eigenvalue weighted by atomic mass is 35.5. The molecular formula is C108H76Cl5N5O22S10. The van der Waals surface area contributed by atoms with Crippen molar-refractivity contribution < 1.29 is 84.9 Å². The maximum atomic E-state index is 12.8. The van der Waals surface area contributed by atoms with Crippen molar-refractivity contribution in [2.75, 3.05) is 34.1 Å². The second-order valence-corrected chi connectivity index (χ2v) is 53.5. The molecule has 0 fully saturated rings. The number of amides is 1. The summed E-state index contributed by atoms with van der Waals surface area (Å²) in [5.74, 6) is -6.86. The number of aromatic nitrogens is 3. The molecule has 0 bridgehead atoms. The van der Waals surface area contributed by atoms with Crippen molar-refractivity contribution in [3.63, 3.8) is 0 Å². The lowest BCUT2D eigenvalue weighted by Gasteiger charge is -2.23. The fourth-order valence-corrected chi connectivity index (χ4v) is 30.0. The molecule has 760 valence electrons. The topological polar surface area (TPSA) is 440 Å². The number of pyridine rings is 1. The van der Waals surface area contributed by atoms with Gasteiger partial charge in [-0.05, 0) is 166 Å². The third-order valence-electron chi connectivity index (χ3n) is 23.0. The number of Topliss-reactive ketones (excluding diaryl/α,β-unsaturated/α-hetero) is 7. The van der Waals surface area contributed by atoms with Crippen molar-refractivity contribution >= 4 is 260 Å². The van der Waals surface area contributed by atoms with Gasteiger partial charge in [0.15, 0.2) is 94.7 Å². The van der Waals surface area contributed by atoms with Gasteiger partial charge in [-0.15, -0.1) is 56.7 Å². The number of carbonyl (C=O) groups excluding carboxylic acids is 8. The Morgan fingerprint density at radius 2 is 0.667 bits per heavy atom. The minimum atomic E-state index is -3.74. The van der Waals surface area contributed by atoms with Crippen LogP contribution in [-0.2, 0) is 110 Å². The molecular weight excluding hydrogens is 2220 g/mol. The van der Waals surface area contributed by atoms with Gasteiger partial charge in [-0.3, -0.25) is 57.8 Å². The maximum absolute atomic E-state index is 12.8. The van der Waals surface area contributed by atoms with E-state index in [1.54, 1.807) is 219 Å². The molecule has 10 aromatic carbocycles. The zero-order chi connectivity index (χ0) is 107. The van der Waals surface area contributed by atoms with Crippen LogP contribution in [0.4, 0.5) is 11.4 Å². The summed E-state index contributed by atoms with van der Waals surface area (Å²) >= 11 is 33.5. The average molecular weight is 2290 g/mol. The summed E-state index contributed by atoms with van der Waals surface area (Å²) < 4.78 is 131. The summed E-state index contributed by atoms with van der Waals surface area (Å²) in [6.07, 6.45) is 2.94. The number of hydrogen-bond donors (Lipinski definition) is 3. The molecule has 2 aliphatic heterocycles. The molecule has 18 aromatic rings. The number of sulfone groups is 5. The van der Waals surface area contributed by atoms with Crippen LogP contribution in [0.3, 0.4) is 0 Å². The number of fused-ring (bicyclic) bond motifs is 5.